The molecular weight excluding hydrogens is 264 g/mol. The van der Waals surface area contributed by atoms with E-state index in [0.29, 0.717) is 11.5 Å². The molecule has 5 nitrogen and oxygen atoms in total. The minimum absolute atomic E-state index is 0.119. The molecule has 0 radical (unpaired) electrons. The summed E-state index contributed by atoms with van der Waals surface area (Å²) in [4.78, 5) is 12.5. The van der Waals surface area contributed by atoms with E-state index in [1.807, 2.05) is 14.0 Å². The highest BCUT2D eigenvalue weighted by molar-refractivity contribution is 5.94. The van der Waals surface area contributed by atoms with E-state index >= 15 is 0 Å². The topological polar surface area (TPSA) is 72.9 Å². The summed E-state index contributed by atoms with van der Waals surface area (Å²) in [6, 6.07) is 0. The highest BCUT2D eigenvalue weighted by atomic mass is 16.2. The number of rotatable bonds is 2. The molecule has 2 aliphatic rings. The zero-order valence-electron chi connectivity index (χ0n) is 13.1. The molecule has 3 atom stereocenters. The molecule has 1 aromatic heterocycles. The molecule has 116 valence electrons. The molecule has 0 aliphatic heterocycles. The average molecular weight is 290 g/mol. The first-order valence-corrected chi connectivity index (χ1v) is 8.16. The van der Waals surface area contributed by atoms with Gasteiger partial charge in [0.2, 0.25) is 5.91 Å². The summed E-state index contributed by atoms with van der Waals surface area (Å²) in [5.41, 5.74) is 7.34. The first-order valence-electron chi connectivity index (χ1n) is 8.16. The Morgan fingerprint density at radius 2 is 1.95 bits per heavy atom. The monoisotopic (exact) mass is 290 g/mol. The second kappa shape index (κ2) is 5.70. The molecule has 0 saturated heterocycles. The summed E-state index contributed by atoms with van der Waals surface area (Å²) >= 11 is 0. The molecule has 2 fully saturated rings. The van der Waals surface area contributed by atoms with Gasteiger partial charge in [0.05, 0.1) is 11.4 Å². The van der Waals surface area contributed by atoms with E-state index in [-0.39, 0.29) is 11.8 Å². The van der Waals surface area contributed by atoms with Crippen LogP contribution in [-0.2, 0) is 11.8 Å². The van der Waals surface area contributed by atoms with Crippen LogP contribution in [0.15, 0.2) is 0 Å². The number of amides is 1. The second-order valence-corrected chi connectivity index (χ2v) is 6.78. The molecule has 1 amide bonds. The molecule has 1 heterocycles. The molecule has 21 heavy (non-hydrogen) atoms. The van der Waals surface area contributed by atoms with Crippen LogP contribution in [0.3, 0.4) is 0 Å². The van der Waals surface area contributed by atoms with Gasteiger partial charge in [0.1, 0.15) is 0 Å². The van der Waals surface area contributed by atoms with Gasteiger partial charge in [0.25, 0.3) is 0 Å². The van der Waals surface area contributed by atoms with Crippen molar-refractivity contribution in [2.75, 3.05) is 11.1 Å². The lowest BCUT2D eigenvalue weighted by Crippen LogP contribution is -2.34. The van der Waals surface area contributed by atoms with Crippen LogP contribution in [0.4, 0.5) is 11.5 Å². The van der Waals surface area contributed by atoms with Crippen molar-refractivity contribution in [3.63, 3.8) is 0 Å². The summed E-state index contributed by atoms with van der Waals surface area (Å²) in [7, 11) is 1.82. The van der Waals surface area contributed by atoms with Crippen molar-refractivity contribution in [2.24, 2.45) is 24.8 Å². The van der Waals surface area contributed by atoms with Crippen LogP contribution in [0.25, 0.3) is 0 Å². The number of nitrogen functional groups attached to an aromatic ring is 1. The highest BCUT2D eigenvalue weighted by Gasteiger charge is 2.35. The fraction of sp³-hybridized carbons (Fsp3) is 0.750. The van der Waals surface area contributed by atoms with Crippen LogP contribution < -0.4 is 11.1 Å². The largest absolute Gasteiger partial charge is 0.394 e. The van der Waals surface area contributed by atoms with Crippen LogP contribution in [0, 0.1) is 24.7 Å². The molecule has 3 N–H and O–H groups in total. The molecule has 2 saturated carbocycles. The molecule has 0 spiro atoms. The standard InChI is InChI=1S/C16H26N4O/c1-10-14(17)15(20(2)19-10)18-16(21)13-8-7-11-5-3-4-6-12(11)9-13/h11-13H,3-9,17H2,1-2H3,(H,18,21). The summed E-state index contributed by atoms with van der Waals surface area (Å²) in [5, 5.41) is 7.25. The van der Waals surface area contributed by atoms with Crippen LogP contribution in [0.5, 0.6) is 0 Å². The van der Waals surface area contributed by atoms with Crippen LogP contribution in [-0.4, -0.2) is 15.7 Å². The predicted molar refractivity (Wildman–Crippen MR) is 83.8 cm³/mol. The minimum atomic E-state index is 0.119. The zero-order valence-corrected chi connectivity index (χ0v) is 13.1. The summed E-state index contributed by atoms with van der Waals surface area (Å²) in [5.74, 6) is 2.52. The summed E-state index contributed by atoms with van der Waals surface area (Å²) in [6.07, 6.45) is 8.67. The van der Waals surface area contributed by atoms with E-state index in [9.17, 15) is 4.79 Å². The Bertz CT molecular complexity index is 537. The number of aromatic nitrogens is 2. The van der Waals surface area contributed by atoms with E-state index in [4.69, 9.17) is 5.73 Å². The Kier molecular flexibility index (Phi) is 3.91. The van der Waals surface area contributed by atoms with Gasteiger partial charge in [-0.1, -0.05) is 25.7 Å². The van der Waals surface area contributed by atoms with Crippen molar-refractivity contribution in [1.29, 1.82) is 0 Å². The number of nitrogens with zero attached hydrogens (tertiary/aromatic N) is 2. The van der Waals surface area contributed by atoms with Crippen LogP contribution in [0.2, 0.25) is 0 Å². The maximum atomic E-state index is 12.5. The maximum Gasteiger partial charge on any atom is 0.228 e. The average Bonchev–Trinajstić information content (AvgIpc) is 2.73. The second-order valence-electron chi connectivity index (χ2n) is 6.78. The molecule has 5 heteroatoms. The third kappa shape index (κ3) is 2.78. The Morgan fingerprint density at radius 1 is 1.24 bits per heavy atom. The number of anilines is 2. The lowest BCUT2D eigenvalue weighted by atomic mass is 9.67. The Labute approximate surface area is 126 Å². The number of nitrogens with one attached hydrogen (secondary N) is 1. The van der Waals surface area contributed by atoms with Crippen molar-refractivity contribution in [3.8, 4) is 0 Å². The number of hydrogen-bond acceptors (Lipinski definition) is 3. The third-order valence-corrected chi connectivity index (χ3v) is 5.42. The molecule has 3 unspecified atom stereocenters. The van der Waals surface area contributed by atoms with Crippen LogP contribution >= 0.6 is 0 Å². The molecule has 3 rings (SSSR count). The fourth-order valence-corrected chi connectivity index (χ4v) is 4.15. The van der Waals surface area contributed by atoms with Gasteiger partial charge in [0, 0.05) is 13.0 Å². The molecule has 0 bridgehead atoms. The SMILES string of the molecule is Cc1nn(C)c(NC(=O)C2CCC3CCCCC3C2)c1N. The van der Waals surface area contributed by atoms with Gasteiger partial charge in [-0.3, -0.25) is 9.48 Å². The van der Waals surface area contributed by atoms with Crippen molar-refractivity contribution in [3.05, 3.63) is 5.69 Å². The van der Waals surface area contributed by atoms with Crippen molar-refractivity contribution in [2.45, 2.75) is 51.9 Å². The maximum absolute atomic E-state index is 12.5. The van der Waals surface area contributed by atoms with Gasteiger partial charge in [-0.15, -0.1) is 0 Å². The van der Waals surface area contributed by atoms with Crippen LogP contribution in [0.1, 0.15) is 50.6 Å². The van der Waals surface area contributed by atoms with Gasteiger partial charge >= 0.3 is 0 Å². The quantitative estimate of drug-likeness (QED) is 0.879. The van der Waals surface area contributed by atoms with Gasteiger partial charge in [0.15, 0.2) is 5.82 Å². The van der Waals surface area contributed by atoms with E-state index in [0.717, 1.165) is 30.4 Å². The van der Waals surface area contributed by atoms with Gasteiger partial charge in [-0.05, 0) is 38.0 Å². The van der Waals surface area contributed by atoms with Gasteiger partial charge in [-0.2, -0.15) is 5.10 Å². The third-order valence-electron chi connectivity index (χ3n) is 5.42. The number of aryl methyl sites for hydroxylation is 2. The number of nitrogens with two attached hydrogens (primary N) is 1. The normalized spacial score (nSPS) is 29.0. The highest BCUT2D eigenvalue weighted by Crippen LogP contribution is 2.43. The van der Waals surface area contributed by atoms with Gasteiger partial charge in [-0.25, -0.2) is 0 Å². The van der Waals surface area contributed by atoms with Crippen molar-refractivity contribution < 1.29 is 4.79 Å². The number of hydrogen-bond donors (Lipinski definition) is 2. The number of carbonyl (C=O) groups is 1. The zero-order chi connectivity index (χ0) is 15.0. The fourth-order valence-electron chi connectivity index (χ4n) is 4.15. The van der Waals surface area contributed by atoms with E-state index < -0.39 is 0 Å². The van der Waals surface area contributed by atoms with E-state index in [2.05, 4.69) is 10.4 Å². The smallest absolute Gasteiger partial charge is 0.228 e. The molecular formula is C16H26N4O. The first kappa shape index (κ1) is 14.4. The first-order chi connectivity index (χ1) is 10.1. The molecule has 0 aromatic carbocycles. The minimum Gasteiger partial charge on any atom is -0.394 e. The van der Waals surface area contributed by atoms with Crippen molar-refractivity contribution in [1.82, 2.24) is 9.78 Å². The molecule has 2 aliphatic carbocycles. The lowest BCUT2D eigenvalue weighted by molar-refractivity contribution is -0.122. The van der Waals surface area contributed by atoms with E-state index in [1.54, 1.807) is 4.68 Å². The molecule has 1 aromatic rings. The van der Waals surface area contributed by atoms with E-state index in [1.165, 1.54) is 32.1 Å². The predicted octanol–water partition coefficient (Wildman–Crippen LogP) is 2.86. The Hall–Kier alpha value is -1.52. The Morgan fingerprint density at radius 3 is 2.62 bits per heavy atom. The number of fused-ring (bicyclic) bond motifs is 1. The van der Waals surface area contributed by atoms with Gasteiger partial charge < -0.3 is 11.1 Å². The Balaban J connectivity index is 1.65. The number of carbonyl (C=O) groups excluding carboxylic acids is 1. The summed E-state index contributed by atoms with van der Waals surface area (Å²) in [6.45, 7) is 1.86. The van der Waals surface area contributed by atoms with Crippen molar-refractivity contribution >= 4 is 17.4 Å². The lowest BCUT2D eigenvalue weighted by Gasteiger charge is -2.38. The summed E-state index contributed by atoms with van der Waals surface area (Å²) < 4.78 is 1.66.